The van der Waals surface area contributed by atoms with Gasteiger partial charge in [-0.05, 0) is 30.5 Å². The average Bonchev–Trinajstić information content (AvgIpc) is 2.56. The second kappa shape index (κ2) is 6.62. The minimum Gasteiger partial charge on any atom is -0.379 e. The van der Waals surface area contributed by atoms with Crippen molar-refractivity contribution in [3.8, 4) is 0 Å². The summed E-state index contributed by atoms with van der Waals surface area (Å²) in [4.78, 5) is 0. The van der Waals surface area contributed by atoms with E-state index in [-0.39, 0.29) is 11.9 Å². The summed E-state index contributed by atoms with van der Waals surface area (Å²) in [6.07, 6.45) is 2.53. The van der Waals surface area contributed by atoms with Gasteiger partial charge in [-0.1, -0.05) is 18.6 Å². The summed E-state index contributed by atoms with van der Waals surface area (Å²) < 4.78 is 47.6. The first kappa shape index (κ1) is 15.9. The Hall–Kier alpha value is -1.02. The van der Waals surface area contributed by atoms with Crippen LogP contribution in [0.5, 0.6) is 0 Å². The summed E-state index contributed by atoms with van der Waals surface area (Å²) in [6, 6.07) is 5.99. The molecule has 0 spiro atoms. The lowest BCUT2D eigenvalue weighted by Gasteiger charge is -2.39. The Bertz CT molecular complexity index is 617. The summed E-state index contributed by atoms with van der Waals surface area (Å²) in [7, 11) is -3.53. The molecule has 1 atom stereocenters. The zero-order chi connectivity index (χ0) is 15.6. The van der Waals surface area contributed by atoms with Crippen LogP contribution in [-0.2, 0) is 14.9 Å². The number of benzene rings is 1. The smallest absolute Gasteiger partial charge is 0.282 e. The molecule has 0 aromatic heterocycles. The molecule has 2 heterocycles. The summed E-state index contributed by atoms with van der Waals surface area (Å²) >= 11 is 0. The number of nitrogens with zero attached hydrogens (tertiary/aromatic N) is 2. The number of hydrogen-bond donors (Lipinski definition) is 0. The molecule has 5 nitrogen and oxygen atoms in total. The van der Waals surface area contributed by atoms with Gasteiger partial charge in [0.1, 0.15) is 5.82 Å². The van der Waals surface area contributed by atoms with Gasteiger partial charge in [0.05, 0.1) is 19.3 Å². The van der Waals surface area contributed by atoms with Crippen LogP contribution in [0.1, 0.15) is 30.9 Å². The number of piperidine rings is 1. The second-order valence-corrected chi connectivity index (χ2v) is 7.58. The monoisotopic (exact) mass is 328 g/mol. The van der Waals surface area contributed by atoms with Crippen LogP contribution in [0.4, 0.5) is 4.39 Å². The van der Waals surface area contributed by atoms with E-state index in [0.29, 0.717) is 32.8 Å². The SMILES string of the molecule is O=S(=O)(N1CCOCC1)N1CCCC[C@@H]1c1cccc(F)c1. The van der Waals surface area contributed by atoms with Crippen molar-refractivity contribution in [1.29, 1.82) is 0 Å². The molecule has 2 saturated heterocycles. The molecule has 3 rings (SSSR count). The van der Waals surface area contributed by atoms with Gasteiger partial charge in [0, 0.05) is 19.6 Å². The van der Waals surface area contributed by atoms with E-state index >= 15 is 0 Å². The molecule has 2 aliphatic heterocycles. The molecule has 0 aliphatic carbocycles. The highest BCUT2D eigenvalue weighted by Gasteiger charge is 2.37. The van der Waals surface area contributed by atoms with Gasteiger partial charge in [0.15, 0.2) is 0 Å². The zero-order valence-electron chi connectivity index (χ0n) is 12.4. The van der Waals surface area contributed by atoms with Crippen LogP contribution >= 0.6 is 0 Å². The first-order valence-electron chi connectivity index (χ1n) is 7.69. The van der Waals surface area contributed by atoms with Crippen molar-refractivity contribution in [3.05, 3.63) is 35.6 Å². The van der Waals surface area contributed by atoms with E-state index in [1.54, 1.807) is 12.1 Å². The highest BCUT2D eigenvalue weighted by Crippen LogP contribution is 2.34. The van der Waals surface area contributed by atoms with Gasteiger partial charge in [-0.15, -0.1) is 0 Å². The van der Waals surface area contributed by atoms with Crippen LogP contribution in [0.2, 0.25) is 0 Å². The molecule has 2 fully saturated rings. The molecular formula is C15H21FN2O3S. The molecule has 0 saturated carbocycles. The van der Waals surface area contributed by atoms with Gasteiger partial charge < -0.3 is 4.74 Å². The summed E-state index contributed by atoms with van der Waals surface area (Å²) in [5.41, 5.74) is 0.733. The molecular weight excluding hydrogens is 307 g/mol. The molecule has 0 N–H and O–H groups in total. The van der Waals surface area contributed by atoms with Crippen molar-refractivity contribution in [2.45, 2.75) is 25.3 Å². The lowest BCUT2D eigenvalue weighted by molar-refractivity contribution is 0.0682. The number of morpholine rings is 1. The van der Waals surface area contributed by atoms with Crippen molar-refractivity contribution in [1.82, 2.24) is 8.61 Å². The van der Waals surface area contributed by atoms with Gasteiger partial charge in [-0.3, -0.25) is 0 Å². The Morgan fingerprint density at radius 3 is 2.64 bits per heavy atom. The number of hydrogen-bond acceptors (Lipinski definition) is 3. The molecule has 22 heavy (non-hydrogen) atoms. The zero-order valence-corrected chi connectivity index (χ0v) is 13.3. The highest BCUT2D eigenvalue weighted by atomic mass is 32.2. The normalized spacial score (nSPS) is 25.2. The summed E-state index contributed by atoms with van der Waals surface area (Å²) in [6.45, 7) is 2.11. The number of halogens is 1. The predicted molar refractivity (Wildman–Crippen MR) is 81.0 cm³/mol. The lowest BCUT2D eigenvalue weighted by atomic mass is 9.97. The Morgan fingerprint density at radius 1 is 1.14 bits per heavy atom. The summed E-state index contributed by atoms with van der Waals surface area (Å²) in [5.74, 6) is -0.327. The molecule has 0 bridgehead atoms. The van der Waals surface area contributed by atoms with Crippen molar-refractivity contribution in [3.63, 3.8) is 0 Å². The van der Waals surface area contributed by atoms with Gasteiger partial charge in [0.25, 0.3) is 10.2 Å². The maximum atomic E-state index is 13.5. The maximum Gasteiger partial charge on any atom is 0.282 e. The molecule has 122 valence electrons. The van der Waals surface area contributed by atoms with E-state index < -0.39 is 10.2 Å². The van der Waals surface area contributed by atoms with Crippen molar-refractivity contribution >= 4 is 10.2 Å². The van der Waals surface area contributed by atoms with Crippen LogP contribution in [0.15, 0.2) is 24.3 Å². The fraction of sp³-hybridized carbons (Fsp3) is 0.600. The molecule has 0 radical (unpaired) electrons. The molecule has 7 heteroatoms. The van der Waals surface area contributed by atoms with Gasteiger partial charge >= 0.3 is 0 Å². The third-order valence-corrected chi connectivity index (χ3v) is 6.33. The first-order valence-corrected chi connectivity index (χ1v) is 9.09. The van der Waals surface area contributed by atoms with Crippen molar-refractivity contribution in [2.24, 2.45) is 0 Å². The maximum absolute atomic E-state index is 13.5. The van der Waals surface area contributed by atoms with E-state index in [2.05, 4.69) is 0 Å². The third kappa shape index (κ3) is 3.17. The lowest BCUT2D eigenvalue weighted by Crippen LogP contribution is -2.50. The van der Waals surface area contributed by atoms with Crippen LogP contribution in [0.25, 0.3) is 0 Å². The average molecular weight is 328 g/mol. The molecule has 1 aromatic rings. The molecule has 0 amide bonds. The van der Waals surface area contributed by atoms with E-state index in [4.69, 9.17) is 4.74 Å². The standard InChI is InChI=1S/C15H21FN2O3S/c16-14-5-3-4-13(12-14)15-6-1-2-7-18(15)22(19,20)17-8-10-21-11-9-17/h3-5,12,15H,1-2,6-11H2/t15-/m1/s1. The second-order valence-electron chi connectivity index (χ2n) is 5.70. The summed E-state index contributed by atoms with van der Waals surface area (Å²) in [5, 5.41) is 0. The minimum absolute atomic E-state index is 0.280. The third-order valence-electron chi connectivity index (χ3n) is 4.28. The minimum atomic E-state index is -3.53. The van der Waals surface area contributed by atoms with Gasteiger partial charge in [0.2, 0.25) is 0 Å². The van der Waals surface area contributed by atoms with Crippen LogP contribution in [0, 0.1) is 5.82 Å². The van der Waals surface area contributed by atoms with Crippen molar-refractivity contribution in [2.75, 3.05) is 32.8 Å². The first-order chi connectivity index (χ1) is 10.6. The van der Waals surface area contributed by atoms with E-state index in [9.17, 15) is 12.8 Å². The predicted octanol–water partition coefficient (Wildman–Crippen LogP) is 1.93. The highest BCUT2D eigenvalue weighted by molar-refractivity contribution is 7.86. The molecule has 1 aromatic carbocycles. The number of rotatable bonds is 3. The Labute approximate surface area is 130 Å². The van der Waals surface area contributed by atoms with Crippen LogP contribution < -0.4 is 0 Å². The number of ether oxygens (including phenoxy) is 1. The molecule has 0 unspecified atom stereocenters. The Kier molecular flexibility index (Phi) is 4.77. The Morgan fingerprint density at radius 2 is 1.91 bits per heavy atom. The van der Waals surface area contributed by atoms with Gasteiger partial charge in [-0.2, -0.15) is 17.0 Å². The van der Waals surface area contributed by atoms with E-state index in [0.717, 1.165) is 24.8 Å². The molecule has 2 aliphatic rings. The topological polar surface area (TPSA) is 49.9 Å². The fourth-order valence-corrected chi connectivity index (χ4v) is 4.97. The largest absolute Gasteiger partial charge is 0.379 e. The van der Waals surface area contributed by atoms with Gasteiger partial charge in [-0.25, -0.2) is 4.39 Å². The Balaban J connectivity index is 1.88. The van der Waals surface area contributed by atoms with Crippen LogP contribution in [0.3, 0.4) is 0 Å². The quantitative estimate of drug-likeness (QED) is 0.852. The van der Waals surface area contributed by atoms with Crippen LogP contribution in [-0.4, -0.2) is 49.9 Å². The van der Waals surface area contributed by atoms with Crippen molar-refractivity contribution < 1.29 is 17.5 Å². The fourth-order valence-electron chi connectivity index (χ4n) is 3.15. The van der Waals surface area contributed by atoms with E-state index in [1.165, 1.54) is 20.7 Å². The van der Waals surface area contributed by atoms with E-state index in [1.807, 2.05) is 0 Å².